The minimum atomic E-state index is -2.18. The van der Waals surface area contributed by atoms with Crippen LogP contribution in [0.4, 0.5) is 0 Å². The smallest absolute Gasteiger partial charge is 0.392 e. The van der Waals surface area contributed by atoms with E-state index in [0.29, 0.717) is 0 Å². The number of unbranched alkanes of at least 4 members (excludes halogenated alkanes) is 8. The van der Waals surface area contributed by atoms with Gasteiger partial charge in [-0.25, -0.2) is 0 Å². The molecule has 0 spiro atoms. The Bertz CT molecular complexity index is 532. The maximum atomic E-state index is 6.49. The molecule has 0 fully saturated rings. The maximum absolute atomic E-state index is 6.49. The highest BCUT2D eigenvalue weighted by Crippen LogP contribution is 2.35. The first-order chi connectivity index (χ1) is 12.7. The van der Waals surface area contributed by atoms with Crippen LogP contribution in [0.1, 0.15) is 96.6 Å². The summed E-state index contributed by atoms with van der Waals surface area (Å²) in [5.74, 6) is 1.04. The molecular formula is C24H44O2Si. The number of hydrogen-bond donors (Lipinski definition) is 0. The minimum absolute atomic E-state index is 0.0724. The van der Waals surface area contributed by atoms with Crippen LogP contribution in [0.5, 0.6) is 5.75 Å². The van der Waals surface area contributed by atoms with Crippen molar-refractivity contribution in [1.29, 1.82) is 0 Å². The van der Waals surface area contributed by atoms with E-state index >= 15 is 0 Å². The molecule has 0 amide bonds. The van der Waals surface area contributed by atoms with E-state index in [2.05, 4.69) is 65.9 Å². The number of para-hydroxylation sites is 1. The van der Waals surface area contributed by atoms with Gasteiger partial charge in [0.15, 0.2) is 0 Å². The van der Waals surface area contributed by atoms with Gasteiger partial charge in [-0.3, -0.25) is 0 Å². The van der Waals surface area contributed by atoms with Gasteiger partial charge in [0.05, 0.1) is 0 Å². The maximum Gasteiger partial charge on any atom is 0.392 e. The molecule has 156 valence electrons. The van der Waals surface area contributed by atoms with E-state index in [9.17, 15) is 0 Å². The molecule has 0 saturated heterocycles. The zero-order chi connectivity index (χ0) is 20.3. The number of aryl methyl sites for hydroxylation is 1. The summed E-state index contributed by atoms with van der Waals surface area (Å²) in [5, 5.41) is 0. The second kappa shape index (κ2) is 11.9. The molecule has 0 aliphatic heterocycles. The van der Waals surface area contributed by atoms with Gasteiger partial charge in [0, 0.05) is 6.61 Å². The Labute approximate surface area is 170 Å². The van der Waals surface area contributed by atoms with Gasteiger partial charge in [-0.15, -0.1) is 0 Å². The molecule has 0 aliphatic carbocycles. The Hall–Kier alpha value is -0.803. The van der Waals surface area contributed by atoms with Crippen LogP contribution in [0, 0.1) is 6.92 Å². The van der Waals surface area contributed by atoms with Crippen molar-refractivity contribution >= 4 is 8.56 Å². The van der Waals surface area contributed by atoms with Gasteiger partial charge >= 0.3 is 8.56 Å². The second-order valence-corrected chi connectivity index (χ2v) is 12.7. The average Bonchev–Trinajstić information content (AvgIpc) is 2.57. The van der Waals surface area contributed by atoms with Crippen LogP contribution < -0.4 is 4.43 Å². The molecule has 0 bridgehead atoms. The Morgan fingerprint density at radius 3 is 1.96 bits per heavy atom. The van der Waals surface area contributed by atoms with Crippen molar-refractivity contribution in [2.24, 2.45) is 0 Å². The molecule has 3 heteroatoms. The molecule has 0 N–H and O–H groups in total. The van der Waals surface area contributed by atoms with E-state index in [1.807, 2.05) is 0 Å². The third-order valence-electron chi connectivity index (χ3n) is 5.07. The molecule has 27 heavy (non-hydrogen) atoms. The molecule has 0 heterocycles. The Morgan fingerprint density at radius 2 is 1.41 bits per heavy atom. The summed E-state index contributed by atoms with van der Waals surface area (Å²) in [6.45, 7) is 16.3. The molecule has 1 aromatic rings. The van der Waals surface area contributed by atoms with Crippen LogP contribution in [-0.4, -0.2) is 15.2 Å². The SMILES string of the molecule is CCCCCCCCCCCO[Si](C)(C)Oc1c(C)cccc1C(C)(C)C. The molecule has 2 nitrogen and oxygen atoms in total. The summed E-state index contributed by atoms with van der Waals surface area (Å²) < 4.78 is 12.7. The fourth-order valence-corrected chi connectivity index (χ4v) is 4.84. The van der Waals surface area contributed by atoms with Crippen molar-refractivity contribution in [2.75, 3.05) is 6.61 Å². The van der Waals surface area contributed by atoms with Crippen LogP contribution in [0.2, 0.25) is 13.1 Å². The fourth-order valence-electron chi connectivity index (χ4n) is 3.38. The number of benzene rings is 1. The van der Waals surface area contributed by atoms with Gasteiger partial charge in [0.2, 0.25) is 0 Å². The third kappa shape index (κ3) is 9.80. The first kappa shape index (κ1) is 24.2. The second-order valence-electron chi connectivity index (χ2n) is 9.38. The quantitative estimate of drug-likeness (QED) is 0.251. The normalized spacial score (nSPS) is 12.4. The monoisotopic (exact) mass is 392 g/mol. The van der Waals surface area contributed by atoms with E-state index in [-0.39, 0.29) is 5.41 Å². The van der Waals surface area contributed by atoms with E-state index in [0.717, 1.165) is 18.8 Å². The van der Waals surface area contributed by atoms with E-state index in [1.54, 1.807) is 0 Å². The molecular weight excluding hydrogens is 348 g/mol. The van der Waals surface area contributed by atoms with Gasteiger partial charge in [-0.2, -0.15) is 0 Å². The van der Waals surface area contributed by atoms with Gasteiger partial charge in [0.1, 0.15) is 5.75 Å². The van der Waals surface area contributed by atoms with Gasteiger partial charge in [-0.1, -0.05) is 97.3 Å². The van der Waals surface area contributed by atoms with E-state index in [4.69, 9.17) is 8.85 Å². The molecule has 0 saturated carbocycles. The van der Waals surface area contributed by atoms with E-state index < -0.39 is 8.56 Å². The molecule has 0 aromatic heterocycles. The van der Waals surface area contributed by atoms with Crippen LogP contribution in [0.3, 0.4) is 0 Å². The summed E-state index contributed by atoms with van der Waals surface area (Å²) in [6.07, 6.45) is 12.1. The van der Waals surface area contributed by atoms with Crippen molar-refractivity contribution in [3.63, 3.8) is 0 Å². The fraction of sp³-hybridized carbons (Fsp3) is 0.750. The molecule has 0 radical (unpaired) electrons. The van der Waals surface area contributed by atoms with E-state index in [1.165, 1.54) is 62.5 Å². The van der Waals surface area contributed by atoms with Gasteiger partial charge < -0.3 is 8.85 Å². The lowest BCUT2D eigenvalue weighted by Crippen LogP contribution is -2.39. The highest BCUT2D eigenvalue weighted by atomic mass is 28.4. The summed E-state index contributed by atoms with van der Waals surface area (Å²) >= 11 is 0. The predicted octanol–water partition coefficient (Wildman–Crippen LogP) is 7.92. The zero-order valence-corrected chi connectivity index (χ0v) is 20.1. The van der Waals surface area contributed by atoms with Crippen LogP contribution in [0.15, 0.2) is 18.2 Å². The molecule has 0 unspecified atom stereocenters. The van der Waals surface area contributed by atoms with Crippen molar-refractivity contribution in [2.45, 2.75) is 111 Å². The Kier molecular flexibility index (Phi) is 10.7. The van der Waals surface area contributed by atoms with Crippen LogP contribution >= 0.6 is 0 Å². The lowest BCUT2D eigenvalue weighted by Gasteiger charge is -2.30. The largest absolute Gasteiger partial charge is 0.520 e. The molecule has 1 rings (SSSR count). The Morgan fingerprint density at radius 1 is 0.852 bits per heavy atom. The first-order valence-electron chi connectivity index (χ1n) is 11.1. The standard InChI is InChI=1S/C24H44O2Si/c1-8-9-10-11-12-13-14-15-16-20-25-27(6,7)26-23-21(2)18-17-19-22(23)24(3,4)5/h17-19H,8-16,20H2,1-7H3. The van der Waals surface area contributed by atoms with Gasteiger partial charge in [0.25, 0.3) is 0 Å². The summed E-state index contributed by atoms with van der Waals surface area (Å²) in [6, 6.07) is 6.45. The summed E-state index contributed by atoms with van der Waals surface area (Å²) in [4.78, 5) is 0. The highest BCUT2D eigenvalue weighted by Gasteiger charge is 2.30. The average molecular weight is 393 g/mol. The van der Waals surface area contributed by atoms with Crippen LogP contribution in [-0.2, 0) is 9.84 Å². The highest BCUT2D eigenvalue weighted by molar-refractivity contribution is 6.65. The lowest BCUT2D eigenvalue weighted by molar-refractivity contribution is 0.239. The summed E-state index contributed by atoms with van der Waals surface area (Å²) in [7, 11) is -2.18. The van der Waals surface area contributed by atoms with Crippen LogP contribution in [0.25, 0.3) is 0 Å². The molecule has 0 aliphatic rings. The van der Waals surface area contributed by atoms with Crippen molar-refractivity contribution in [3.05, 3.63) is 29.3 Å². The number of rotatable bonds is 13. The molecule has 1 aromatic carbocycles. The first-order valence-corrected chi connectivity index (χ1v) is 13.9. The van der Waals surface area contributed by atoms with Crippen molar-refractivity contribution in [1.82, 2.24) is 0 Å². The van der Waals surface area contributed by atoms with Crippen molar-refractivity contribution < 1.29 is 8.85 Å². The lowest BCUT2D eigenvalue weighted by atomic mass is 9.85. The third-order valence-corrected chi connectivity index (χ3v) is 6.66. The van der Waals surface area contributed by atoms with Crippen molar-refractivity contribution in [3.8, 4) is 5.75 Å². The Balaban J connectivity index is 2.37. The zero-order valence-electron chi connectivity index (χ0n) is 19.1. The summed E-state index contributed by atoms with van der Waals surface area (Å²) in [5.41, 5.74) is 2.55. The number of hydrogen-bond acceptors (Lipinski definition) is 2. The van der Waals surface area contributed by atoms with Gasteiger partial charge in [-0.05, 0) is 43.0 Å². The minimum Gasteiger partial charge on any atom is -0.520 e. The predicted molar refractivity (Wildman–Crippen MR) is 121 cm³/mol. The molecule has 0 atom stereocenters. The topological polar surface area (TPSA) is 18.5 Å².